The van der Waals surface area contributed by atoms with Gasteiger partial charge in [-0.15, -0.1) is 0 Å². The summed E-state index contributed by atoms with van der Waals surface area (Å²) in [5.41, 5.74) is 7.85. The van der Waals surface area contributed by atoms with E-state index in [-0.39, 0.29) is 23.5 Å². The maximum atomic E-state index is 14.0. The summed E-state index contributed by atoms with van der Waals surface area (Å²) in [7, 11) is 0. The van der Waals surface area contributed by atoms with Crippen molar-refractivity contribution in [1.82, 2.24) is 14.9 Å². The molecular formula is C21H28FN5O. The van der Waals surface area contributed by atoms with E-state index in [1.54, 1.807) is 26.0 Å². The van der Waals surface area contributed by atoms with Gasteiger partial charge in [0.2, 0.25) is 5.88 Å². The van der Waals surface area contributed by atoms with Gasteiger partial charge in [0.15, 0.2) is 5.82 Å². The summed E-state index contributed by atoms with van der Waals surface area (Å²) in [5, 5.41) is 8.05. The molecule has 150 valence electrons. The summed E-state index contributed by atoms with van der Waals surface area (Å²) in [6, 6.07) is 5.35. The van der Waals surface area contributed by atoms with E-state index in [0.29, 0.717) is 34.4 Å². The average molecular weight is 385 g/mol. The van der Waals surface area contributed by atoms with Gasteiger partial charge in [-0.25, -0.2) is 9.37 Å². The van der Waals surface area contributed by atoms with Crippen molar-refractivity contribution in [3.8, 4) is 17.3 Å². The van der Waals surface area contributed by atoms with E-state index >= 15 is 0 Å². The van der Waals surface area contributed by atoms with Crippen LogP contribution >= 0.6 is 0 Å². The molecule has 6 nitrogen and oxygen atoms in total. The molecule has 0 unspecified atom stereocenters. The van der Waals surface area contributed by atoms with Crippen LogP contribution in [0.3, 0.4) is 0 Å². The maximum Gasteiger partial charge on any atom is 0.228 e. The van der Waals surface area contributed by atoms with Crippen molar-refractivity contribution in [2.24, 2.45) is 0 Å². The largest absolute Gasteiger partial charge is 0.474 e. The van der Waals surface area contributed by atoms with E-state index in [1.165, 1.54) is 6.07 Å². The molecule has 1 aliphatic heterocycles. The van der Waals surface area contributed by atoms with Gasteiger partial charge in [0, 0.05) is 30.4 Å². The van der Waals surface area contributed by atoms with Gasteiger partial charge >= 0.3 is 0 Å². The number of piperidine rings is 1. The van der Waals surface area contributed by atoms with Gasteiger partial charge in [-0.3, -0.25) is 0 Å². The molecule has 28 heavy (non-hydrogen) atoms. The van der Waals surface area contributed by atoms with Crippen LogP contribution in [-0.4, -0.2) is 45.8 Å². The fraction of sp³-hybridized carbons (Fsp3) is 0.476. The minimum atomic E-state index is -0.324. The van der Waals surface area contributed by atoms with Crippen LogP contribution in [0, 0.1) is 18.2 Å². The lowest BCUT2D eigenvalue weighted by molar-refractivity contribution is 0.0812. The Kier molecular flexibility index (Phi) is 5.93. The smallest absolute Gasteiger partial charge is 0.228 e. The highest BCUT2D eigenvalue weighted by Crippen LogP contribution is 2.29. The molecule has 1 aliphatic rings. The molecule has 0 aliphatic carbocycles. The molecule has 0 radical (unpaired) electrons. The Labute approximate surface area is 165 Å². The number of aryl methyl sites for hydroxylation is 1. The van der Waals surface area contributed by atoms with Crippen LogP contribution in [0.15, 0.2) is 18.2 Å². The van der Waals surface area contributed by atoms with Gasteiger partial charge in [0.1, 0.15) is 17.7 Å². The fourth-order valence-electron chi connectivity index (χ4n) is 3.42. The number of anilines is 1. The van der Waals surface area contributed by atoms with Crippen molar-refractivity contribution >= 4 is 11.5 Å². The molecule has 7 heteroatoms. The van der Waals surface area contributed by atoms with E-state index in [2.05, 4.69) is 28.7 Å². The molecule has 2 heterocycles. The van der Waals surface area contributed by atoms with Gasteiger partial charge < -0.3 is 20.8 Å². The minimum Gasteiger partial charge on any atom is -0.474 e. The Morgan fingerprint density at radius 2 is 1.96 bits per heavy atom. The number of nitrogens with two attached hydrogens (primary N) is 1. The molecule has 0 saturated carbocycles. The van der Waals surface area contributed by atoms with Crippen molar-refractivity contribution in [3.05, 3.63) is 35.1 Å². The van der Waals surface area contributed by atoms with Gasteiger partial charge in [-0.1, -0.05) is 12.1 Å². The van der Waals surface area contributed by atoms with Crippen LogP contribution in [0.5, 0.6) is 5.88 Å². The lowest BCUT2D eigenvalue weighted by Gasteiger charge is -2.34. The first-order valence-electron chi connectivity index (χ1n) is 9.66. The summed E-state index contributed by atoms with van der Waals surface area (Å²) in [6.07, 6.45) is 1.77. The van der Waals surface area contributed by atoms with Crippen molar-refractivity contribution in [2.75, 3.05) is 18.8 Å². The van der Waals surface area contributed by atoms with Crippen LogP contribution in [0.1, 0.15) is 44.7 Å². The highest BCUT2D eigenvalue weighted by molar-refractivity contribution is 6.02. The summed E-state index contributed by atoms with van der Waals surface area (Å²) >= 11 is 0. The number of rotatable bonds is 5. The number of benzene rings is 1. The standard InChI is InChI=1S/C21H28FN5O/c1-12(2)27-9-7-16(8-10-27)28-21-18(14(4)23)19(24)25-20(26-21)15-6-5-13(3)17(22)11-15/h5-6,11-12,16,23H,7-10H2,1-4H3,(H2,24,25,26). The number of aromatic nitrogens is 2. The van der Waals surface area contributed by atoms with E-state index in [9.17, 15) is 4.39 Å². The normalized spacial score (nSPS) is 15.8. The van der Waals surface area contributed by atoms with Crippen LogP contribution in [-0.2, 0) is 0 Å². The Balaban J connectivity index is 1.91. The quantitative estimate of drug-likeness (QED) is 0.764. The summed E-state index contributed by atoms with van der Waals surface area (Å²) in [6.45, 7) is 9.63. The number of hydrogen-bond acceptors (Lipinski definition) is 6. The van der Waals surface area contributed by atoms with E-state index in [0.717, 1.165) is 25.9 Å². The summed E-state index contributed by atoms with van der Waals surface area (Å²) in [5.74, 6) is 0.457. The summed E-state index contributed by atoms with van der Waals surface area (Å²) < 4.78 is 20.2. The monoisotopic (exact) mass is 385 g/mol. The third kappa shape index (κ3) is 4.30. The molecule has 3 rings (SSSR count). The third-order valence-electron chi connectivity index (χ3n) is 5.19. The zero-order valence-electron chi connectivity index (χ0n) is 16.9. The fourth-order valence-corrected chi connectivity index (χ4v) is 3.42. The zero-order valence-corrected chi connectivity index (χ0v) is 16.9. The lowest BCUT2D eigenvalue weighted by Crippen LogP contribution is -2.42. The third-order valence-corrected chi connectivity index (χ3v) is 5.19. The van der Waals surface area contributed by atoms with Gasteiger partial charge in [-0.05, 0) is 52.2 Å². The molecule has 3 N–H and O–H groups in total. The number of ether oxygens (including phenoxy) is 1. The molecule has 0 spiro atoms. The van der Waals surface area contributed by atoms with Crippen LogP contribution in [0.2, 0.25) is 0 Å². The van der Waals surface area contributed by atoms with Crippen molar-refractivity contribution in [1.29, 1.82) is 5.41 Å². The SMILES string of the molecule is CC(=N)c1c(N)nc(-c2ccc(C)c(F)c2)nc1OC1CCN(C(C)C)CC1. The molecular weight excluding hydrogens is 357 g/mol. The minimum absolute atomic E-state index is 0.00463. The van der Waals surface area contributed by atoms with Crippen molar-refractivity contribution < 1.29 is 9.13 Å². The van der Waals surface area contributed by atoms with Gasteiger partial charge in [0.25, 0.3) is 0 Å². The molecule has 1 saturated heterocycles. The van der Waals surface area contributed by atoms with Crippen LogP contribution in [0.4, 0.5) is 10.2 Å². The van der Waals surface area contributed by atoms with Gasteiger partial charge in [0.05, 0.1) is 5.56 Å². The van der Waals surface area contributed by atoms with Crippen molar-refractivity contribution in [2.45, 2.75) is 52.7 Å². The number of nitrogen functional groups attached to an aromatic ring is 1. The second kappa shape index (κ2) is 8.22. The topological polar surface area (TPSA) is 88.1 Å². The Morgan fingerprint density at radius 1 is 1.29 bits per heavy atom. The second-order valence-electron chi connectivity index (χ2n) is 7.65. The summed E-state index contributed by atoms with van der Waals surface area (Å²) in [4.78, 5) is 11.2. The predicted molar refractivity (Wildman–Crippen MR) is 109 cm³/mol. The molecule has 1 aromatic carbocycles. The number of halogens is 1. The zero-order chi connectivity index (χ0) is 20.4. The number of hydrogen-bond donors (Lipinski definition) is 2. The molecule has 1 aromatic heterocycles. The van der Waals surface area contributed by atoms with Crippen LogP contribution in [0.25, 0.3) is 11.4 Å². The highest BCUT2D eigenvalue weighted by atomic mass is 19.1. The Morgan fingerprint density at radius 3 is 2.54 bits per heavy atom. The second-order valence-corrected chi connectivity index (χ2v) is 7.65. The Bertz CT molecular complexity index is 875. The van der Waals surface area contributed by atoms with Crippen molar-refractivity contribution in [3.63, 3.8) is 0 Å². The first-order valence-corrected chi connectivity index (χ1v) is 9.66. The maximum absolute atomic E-state index is 14.0. The number of nitrogens with zero attached hydrogens (tertiary/aromatic N) is 3. The number of likely N-dealkylation sites (tertiary alicyclic amines) is 1. The molecule has 0 amide bonds. The van der Waals surface area contributed by atoms with E-state index in [4.69, 9.17) is 15.9 Å². The molecule has 2 aromatic rings. The van der Waals surface area contributed by atoms with Gasteiger partial charge in [-0.2, -0.15) is 4.98 Å². The van der Waals surface area contributed by atoms with E-state index < -0.39 is 0 Å². The first kappa shape index (κ1) is 20.2. The lowest BCUT2D eigenvalue weighted by atomic mass is 10.1. The molecule has 0 bridgehead atoms. The number of nitrogens with one attached hydrogen (secondary N) is 1. The van der Waals surface area contributed by atoms with Crippen LogP contribution < -0.4 is 10.5 Å². The average Bonchev–Trinajstić information content (AvgIpc) is 2.63. The molecule has 1 fully saturated rings. The first-order chi connectivity index (χ1) is 13.3. The highest BCUT2D eigenvalue weighted by Gasteiger charge is 2.25. The molecule has 0 atom stereocenters. The predicted octanol–water partition coefficient (Wildman–Crippen LogP) is 3.81. The Hall–Kier alpha value is -2.54. The van der Waals surface area contributed by atoms with E-state index in [1.807, 2.05) is 0 Å².